The molecular weight excluding hydrogens is 378 g/mol. The molecule has 4 aromatic rings. The number of anilines is 2. The molecule has 0 unspecified atom stereocenters. The first-order valence-electron chi connectivity index (χ1n) is 11.6. The predicted octanol–water partition coefficient (Wildman–Crippen LogP) is 3.05. The number of nitrogen functional groups attached to an aromatic ring is 1. The van der Waals surface area contributed by atoms with Crippen molar-refractivity contribution in [1.82, 2.24) is 24.7 Å². The molecule has 1 saturated heterocycles. The predicted molar refractivity (Wildman–Crippen MR) is 115 cm³/mol. The van der Waals surface area contributed by atoms with Crippen molar-refractivity contribution in [3.05, 3.63) is 72.3 Å². The minimum atomic E-state index is -0.546. The lowest BCUT2D eigenvalue weighted by atomic mass is 10.1. The Bertz CT molecular complexity index is 1420. The minimum Gasteiger partial charge on any atom is -0.382 e. The van der Waals surface area contributed by atoms with Crippen molar-refractivity contribution >= 4 is 23.1 Å². The van der Waals surface area contributed by atoms with Crippen LogP contribution < -0.4 is 16.4 Å². The van der Waals surface area contributed by atoms with Crippen LogP contribution in [0.3, 0.4) is 0 Å². The zero-order valence-corrected chi connectivity index (χ0v) is 15.9. The Kier molecular flexibility index (Phi) is 3.59. The number of pyridine rings is 1. The second kappa shape index (κ2) is 7.57. The second-order valence-corrected chi connectivity index (χ2v) is 6.98. The number of imidazole rings is 1. The number of hydrogen-bond acceptors (Lipinski definition) is 6. The molecule has 4 heterocycles. The molecule has 0 spiro atoms. The highest BCUT2D eigenvalue weighted by Gasteiger charge is 2.24. The van der Waals surface area contributed by atoms with Gasteiger partial charge in [-0.3, -0.25) is 9.20 Å². The summed E-state index contributed by atoms with van der Waals surface area (Å²) in [4.78, 5) is 25.5. The third-order valence-corrected chi connectivity index (χ3v) is 5.10. The third kappa shape index (κ3) is 3.27. The van der Waals surface area contributed by atoms with Gasteiger partial charge in [-0.15, -0.1) is 0 Å². The monoisotopic (exact) mass is 403 g/mol. The van der Waals surface area contributed by atoms with Gasteiger partial charge in [0.1, 0.15) is 28.7 Å². The van der Waals surface area contributed by atoms with E-state index in [2.05, 4.69) is 20.6 Å². The lowest BCUT2D eigenvalue weighted by Crippen LogP contribution is -2.16. The van der Waals surface area contributed by atoms with Crippen LogP contribution in [0, 0.1) is 0 Å². The SMILES string of the molecule is [2H]c1nc(NC(=O)c2ccc(-c3nc([C@@H]4CCCN4)n4ccnc(N)c34)cc2)c([2H])c([2H])c1[2H]. The first-order chi connectivity index (χ1) is 16.3. The zero-order chi connectivity index (χ0) is 24.0. The van der Waals surface area contributed by atoms with Crippen molar-refractivity contribution in [2.45, 2.75) is 18.9 Å². The van der Waals surface area contributed by atoms with Crippen LogP contribution in [0.1, 0.15) is 40.5 Å². The van der Waals surface area contributed by atoms with E-state index >= 15 is 0 Å². The fourth-order valence-electron chi connectivity index (χ4n) is 3.69. The zero-order valence-electron chi connectivity index (χ0n) is 19.9. The molecule has 1 amide bonds. The fourth-order valence-corrected chi connectivity index (χ4v) is 3.69. The molecule has 5 rings (SSSR count). The number of rotatable bonds is 4. The summed E-state index contributed by atoms with van der Waals surface area (Å²) in [5.41, 5.74) is 8.62. The Morgan fingerprint density at radius 2 is 2.13 bits per heavy atom. The third-order valence-electron chi connectivity index (χ3n) is 5.10. The standard InChI is InChI=1S/C22H21N7O/c23-20-19-18(28-21(16-4-3-11-24-16)29(19)13-12-26-20)14-6-8-15(9-7-14)22(30)27-17-5-1-2-10-25-17/h1-2,5-10,12-13,16,24H,3-4,11H2,(H2,23,26)(H,25,27,30)/t16-/m0/s1/i1D,2D,5D,10D. The quantitative estimate of drug-likeness (QED) is 0.483. The molecule has 8 nitrogen and oxygen atoms in total. The average molecular weight is 403 g/mol. The Balaban J connectivity index is 1.47. The van der Waals surface area contributed by atoms with Crippen molar-refractivity contribution in [3.8, 4) is 11.3 Å². The average Bonchev–Trinajstić information content (AvgIpc) is 3.50. The Morgan fingerprint density at radius 3 is 2.93 bits per heavy atom. The summed E-state index contributed by atoms with van der Waals surface area (Å²) in [5.74, 6) is 0.451. The Hall–Kier alpha value is -3.78. The molecule has 0 saturated carbocycles. The van der Waals surface area contributed by atoms with Gasteiger partial charge in [-0.1, -0.05) is 18.2 Å². The van der Waals surface area contributed by atoms with E-state index < -0.39 is 30.2 Å². The Labute approximate surface area is 178 Å². The molecule has 8 heteroatoms. The maximum atomic E-state index is 12.7. The number of nitrogens with one attached hydrogen (secondary N) is 2. The molecule has 1 aliphatic heterocycles. The van der Waals surface area contributed by atoms with Crippen LogP contribution in [0.5, 0.6) is 0 Å². The summed E-state index contributed by atoms with van der Waals surface area (Å²) in [6.07, 6.45) is 5.06. The highest BCUT2D eigenvalue weighted by Crippen LogP contribution is 2.32. The van der Waals surface area contributed by atoms with E-state index in [-0.39, 0.29) is 11.9 Å². The number of carbonyl (C=O) groups is 1. The number of aromatic nitrogens is 4. The minimum absolute atomic E-state index is 0.124. The summed E-state index contributed by atoms with van der Waals surface area (Å²) in [6.45, 7) is 0.933. The second-order valence-electron chi connectivity index (χ2n) is 6.98. The molecule has 1 atom stereocenters. The van der Waals surface area contributed by atoms with Crippen LogP contribution in [0.15, 0.2) is 61.0 Å². The van der Waals surface area contributed by atoms with Crippen molar-refractivity contribution < 1.29 is 10.3 Å². The van der Waals surface area contributed by atoms with E-state index in [1.807, 2.05) is 10.6 Å². The highest BCUT2D eigenvalue weighted by molar-refractivity contribution is 6.04. The van der Waals surface area contributed by atoms with Gasteiger partial charge in [-0.2, -0.15) is 0 Å². The number of nitrogens with two attached hydrogens (primary N) is 1. The summed E-state index contributed by atoms with van der Waals surface area (Å²) in [5, 5.41) is 5.91. The fraction of sp³-hybridized carbons (Fsp3) is 0.182. The van der Waals surface area contributed by atoms with Gasteiger partial charge in [0.2, 0.25) is 0 Å². The van der Waals surface area contributed by atoms with Gasteiger partial charge in [0.05, 0.1) is 11.5 Å². The van der Waals surface area contributed by atoms with Crippen LogP contribution in [0.4, 0.5) is 11.6 Å². The van der Waals surface area contributed by atoms with E-state index in [1.54, 1.807) is 30.5 Å². The smallest absolute Gasteiger partial charge is 0.256 e. The maximum Gasteiger partial charge on any atom is 0.256 e. The number of carbonyl (C=O) groups excluding carboxylic acids is 1. The first kappa shape index (κ1) is 14.2. The summed E-state index contributed by atoms with van der Waals surface area (Å²) in [6, 6.07) is 5.53. The van der Waals surface area contributed by atoms with E-state index in [9.17, 15) is 4.79 Å². The van der Waals surface area contributed by atoms with Crippen molar-refractivity contribution in [2.24, 2.45) is 0 Å². The van der Waals surface area contributed by atoms with Crippen LogP contribution in [0.2, 0.25) is 0 Å². The van der Waals surface area contributed by atoms with E-state index in [0.29, 0.717) is 22.6 Å². The van der Waals surface area contributed by atoms with E-state index in [0.717, 1.165) is 30.8 Å². The van der Waals surface area contributed by atoms with Crippen molar-refractivity contribution in [2.75, 3.05) is 17.6 Å². The first-order valence-corrected chi connectivity index (χ1v) is 9.57. The number of amides is 1. The van der Waals surface area contributed by atoms with Crippen LogP contribution in [-0.4, -0.2) is 31.8 Å². The van der Waals surface area contributed by atoms with E-state index in [4.69, 9.17) is 16.2 Å². The van der Waals surface area contributed by atoms with Gasteiger partial charge in [0.25, 0.3) is 5.91 Å². The molecule has 150 valence electrons. The number of nitrogens with zero attached hydrogens (tertiary/aromatic N) is 4. The van der Waals surface area contributed by atoms with E-state index in [1.165, 1.54) is 0 Å². The normalized spacial score (nSPS) is 17.9. The molecule has 0 radical (unpaired) electrons. The van der Waals surface area contributed by atoms with Crippen LogP contribution >= 0.6 is 0 Å². The summed E-state index contributed by atoms with van der Waals surface area (Å²) in [7, 11) is 0. The molecule has 4 N–H and O–H groups in total. The number of hydrogen-bond donors (Lipinski definition) is 3. The lowest BCUT2D eigenvalue weighted by Gasteiger charge is -2.08. The van der Waals surface area contributed by atoms with Gasteiger partial charge in [-0.25, -0.2) is 15.0 Å². The molecule has 1 aliphatic rings. The Morgan fingerprint density at radius 1 is 1.27 bits per heavy atom. The van der Waals surface area contributed by atoms with Gasteiger partial charge < -0.3 is 16.4 Å². The number of fused-ring (bicyclic) bond motifs is 1. The van der Waals surface area contributed by atoms with Crippen molar-refractivity contribution in [1.29, 1.82) is 0 Å². The molecular formula is C22H21N7O. The van der Waals surface area contributed by atoms with Crippen molar-refractivity contribution in [3.63, 3.8) is 0 Å². The highest BCUT2D eigenvalue weighted by atomic mass is 16.1. The van der Waals surface area contributed by atoms with Gasteiger partial charge in [0, 0.05) is 29.7 Å². The van der Waals surface area contributed by atoms with Crippen LogP contribution in [-0.2, 0) is 0 Å². The molecule has 30 heavy (non-hydrogen) atoms. The largest absolute Gasteiger partial charge is 0.382 e. The molecule has 0 bridgehead atoms. The molecule has 1 aromatic carbocycles. The molecule has 3 aromatic heterocycles. The van der Waals surface area contributed by atoms with Gasteiger partial charge >= 0.3 is 0 Å². The van der Waals surface area contributed by atoms with Gasteiger partial charge in [0.15, 0.2) is 0 Å². The summed E-state index contributed by atoms with van der Waals surface area (Å²) < 4.78 is 32.8. The van der Waals surface area contributed by atoms with Crippen LogP contribution in [0.25, 0.3) is 16.8 Å². The molecule has 0 aliphatic carbocycles. The lowest BCUT2D eigenvalue weighted by molar-refractivity contribution is 0.102. The topological polar surface area (TPSA) is 110 Å². The summed E-state index contributed by atoms with van der Waals surface area (Å²) >= 11 is 0. The maximum absolute atomic E-state index is 12.7. The molecule has 1 fully saturated rings. The number of benzene rings is 1. The van der Waals surface area contributed by atoms with Gasteiger partial charge in [-0.05, 0) is 43.6 Å².